The van der Waals surface area contributed by atoms with Gasteiger partial charge < -0.3 is 9.73 Å². The lowest BCUT2D eigenvalue weighted by Gasteiger charge is -2.05. The van der Waals surface area contributed by atoms with E-state index in [1.165, 1.54) is 6.26 Å². The summed E-state index contributed by atoms with van der Waals surface area (Å²) < 4.78 is 5.93. The van der Waals surface area contributed by atoms with Crippen LogP contribution < -0.4 is 10.7 Å². The van der Waals surface area contributed by atoms with Crippen molar-refractivity contribution in [2.24, 2.45) is 5.10 Å². The summed E-state index contributed by atoms with van der Waals surface area (Å²) in [5.41, 5.74) is 3.36. The standard InChI is InChI=1S/C15H14BrN3O3/c1-10(13-6-3-7-22-13)18-19-14(20)9-17-15(21)11-4-2-5-12(16)8-11/h2-8H,9H2,1H3,(H,17,21)(H,19,20). The summed E-state index contributed by atoms with van der Waals surface area (Å²) >= 11 is 3.28. The lowest BCUT2D eigenvalue weighted by atomic mass is 10.2. The third-order valence-electron chi connectivity index (χ3n) is 2.72. The van der Waals surface area contributed by atoms with Crippen LogP contribution in [0.15, 0.2) is 56.7 Å². The van der Waals surface area contributed by atoms with E-state index in [1.807, 2.05) is 6.07 Å². The van der Waals surface area contributed by atoms with E-state index in [1.54, 1.807) is 37.3 Å². The Labute approximate surface area is 135 Å². The third-order valence-corrected chi connectivity index (χ3v) is 3.22. The Hall–Kier alpha value is -2.41. The van der Waals surface area contributed by atoms with Crippen LogP contribution >= 0.6 is 15.9 Å². The summed E-state index contributed by atoms with van der Waals surface area (Å²) in [6.45, 7) is 1.54. The summed E-state index contributed by atoms with van der Waals surface area (Å²) in [7, 11) is 0. The molecule has 2 N–H and O–H groups in total. The zero-order chi connectivity index (χ0) is 15.9. The highest BCUT2D eigenvalue weighted by atomic mass is 79.9. The molecule has 22 heavy (non-hydrogen) atoms. The number of nitrogens with one attached hydrogen (secondary N) is 2. The summed E-state index contributed by atoms with van der Waals surface area (Å²) in [5, 5.41) is 6.42. The Morgan fingerprint density at radius 1 is 1.27 bits per heavy atom. The van der Waals surface area contributed by atoms with E-state index >= 15 is 0 Å². The molecule has 0 aliphatic heterocycles. The first-order valence-electron chi connectivity index (χ1n) is 6.47. The van der Waals surface area contributed by atoms with Gasteiger partial charge in [-0.25, -0.2) is 5.43 Å². The van der Waals surface area contributed by atoms with Crippen LogP contribution in [-0.2, 0) is 4.79 Å². The van der Waals surface area contributed by atoms with Crippen molar-refractivity contribution in [2.75, 3.05) is 6.54 Å². The van der Waals surface area contributed by atoms with Gasteiger partial charge in [0, 0.05) is 10.0 Å². The van der Waals surface area contributed by atoms with Gasteiger partial charge in [0.25, 0.3) is 11.8 Å². The number of nitrogens with zero attached hydrogens (tertiary/aromatic N) is 1. The van der Waals surface area contributed by atoms with Crippen molar-refractivity contribution in [3.8, 4) is 0 Å². The SMILES string of the molecule is CC(=NNC(=O)CNC(=O)c1cccc(Br)c1)c1ccco1. The second kappa shape index (κ2) is 7.56. The zero-order valence-corrected chi connectivity index (χ0v) is 13.4. The van der Waals surface area contributed by atoms with Crippen LogP contribution in [0.5, 0.6) is 0 Å². The molecule has 7 heteroatoms. The van der Waals surface area contributed by atoms with E-state index in [0.717, 1.165) is 4.47 Å². The number of hydrogen-bond acceptors (Lipinski definition) is 4. The van der Waals surface area contributed by atoms with E-state index in [2.05, 4.69) is 31.8 Å². The zero-order valence-electron chi connectivity index (χ0n) is 11.8. The molecule has 0 aliphatic carbocycles. The number of carbonyl (C=O) groups excluding carboxylic acids is 2. The summed E-state index contributed by atoms with van der Waals surface area (Å²) in [6, 6.07) is 10.4. The Balaban J connectivity index is 1.83. The van der Waals surface area contributed by atoms with Crippen LogP contribution in [0.25, 0.3) is 0 Å². The first-order chi connectivity index (χ1) is 10.6. The summed E-state index contributed by atoms with van der Waals surface area (Å²) in [5.74, 6) is -0.184. The molecule has 2 rings (SSSR count). The molecule has 1 aromatic heterocycles. The number of benzene rings is 1. The fourth-order valence-electron chi connectivity index (χ4n) is 1.62. The second-order valence-corrected chi connectivity index (χ2v) is 5.32. The molecule has 0 bridgehead atoms. The molecular formula is C15H14BrN3O3. The Bertz CT molecular complexity index is 696. The molecule has 114 valence electrons. The smallest absolute Gasteiger partial charge is 0.259 e. The maximum Gasteiger partial charge on any atom is 0.259 e. The second-order valence-electron chi connectivity index (χ2n) is 4.40. The number of rotatable bonds is 5. The van der Waals surface area contributed by atoms with Crippen molar-refractivity contribution in [3.05, 3.63) is 58.5 Å². The Kier molecular flexibility index (Phi) is 5.48. The summed E-state index contributed by atoms with van der Waals surface area (Å²) in [4.78, 5) is 23.5. The number of hydrazone groups is 1. The molecule has 0 fully saturated rings. The molecule has 0 radical (unpaired) electrons. The van der Waals surface area contributed by atoms with Gasteiger partial charge in [0.1, 0.15) is 11.5 Å². The molecule has 2 aromatic rings. The maximum absolute atomic E-state index is 11.9. The molecule has 0 atom stereocenters. The van der Waals surface area contributed by atoms with Gasteiger partial charge in [0.05, 0.1) is 12.8 Å². The number of hydrogen-bond donors (Lipinski definition) is 2. The monoisotopic (exact) mass is 363 g/mol. The number of furan rings is 1. The molecule has 2 amide bonds. The van der Waals surface area contributed by atoms with Crippen LogP contribution in [0.3, 0.4) is 0 Å². The molecular weight excluding hydrogens is 350 g/mol. The van der Waals surface area contributed by atoms with Crippen LogP contribution in [0.2, 0.25) is 0 Å². The van der Waals surface area contributed by atoms with Gasteiger partial charge in [-0.15, -0.1) is 0 Å². The van der Waals surface area contributed by atoms with Crippen molar-refractivity contribution < 1.29 is 14.0 Å². The molecule has 0 saturated carbocycles. The predicted molar refractivity (Wildman–Crippen MR) is 85.5 cm³/mol. The average Bonchev–Trinajstić information content (AvgIpc) is 3.04. The lowest BCUT2D eigenvalue weighted by Crippen LogP contribution is -2.35. The highest BCUT2D eigenvalue weighted by Gasteiger charge is 2.08. The minimum atomic E-state index is -0.422. The molecule has 1 aromatic carbocycles. The van der Waals surface area contributed by atoms with Crippen LogP contribution in [0.1, 0.15) is 23.0 Å². The lowest BCUT2D eigenvalue weighted by molar-refractivity contribution is -0.120. The van der Waals surface area contributed by atoms with Crippen molar-refractivity contribution in [1.29, 1.82) is 0 Å². The fourth-order valence-corrected chi connectivity index (χ4v) is 2.02. The third kappa shape index (κ3) is 4.56. The largest absolute Gasteiger partial charge is 0.463 e. The summed E-state index contributed by atoms with van der Waals surface area (Å²) in [6.07, 6.45) is 1.52. The first-order valence-corrected chi connectivity index (χ1v) is 7.26. The van der Waals surface area contributed by atoms with Crippen molar-refractivity contribution >= 4 is 33.5 Å². The highest BCUT2D eigenvalue weighted by molar-refractivity contribution is 9.10. The van der Waals surface area contributed by atoms with Gasteiger partial charge in [-0.1, -0.05) is 22.0 Å². The average molecular weight is 364 g/mol. The topological polar surface area (TPSA) is 83.7 Å². The minimum Gasteiger partial charge on any atom is -0.463 e. The van der Waals surface area contributed by atoms with Crippen LogP contribution in [0.4, 0.5) is 0 Å². The highest BCUT2D eigenvalue weighted by Crippen LogP contribution is 2.11. The van der Waals surface area contributed by atoms with Gasteiger partial charge >= 0.3 is 0 Å². The molecule has 6 nitrogen and oxygen atoms in total. The van der Waals surface area contributed by atoms with Gasteiger partial charge in [-0.2, -0.15) is 5.10 Å². The molecule has 1 heterocycles. The van der Waals surface area contributed by atoms with Crippen molar-refractivity contribution in [3.63, 3.8) is 0 Å². The Morgan fingerprint density at radius 3 is 2.77 bits per heavy atom. The fraction of sp³-hybridized carbons (Fsp3) is 0.133. The predicted octanol–water partition coefficient (Wildman–Crippen LogP) is 2.31. The van der Waals surface area contributed by atoms with E-state index in [-0.39, 0.29) is 12.5 Å². The number of carbonyl (C=O) groups is 2. The van der Waals surface area contributed by atoms with Crippen LogP contribution in [-0.4, -0.2) is 24.1 Å². The van der Waals surface area contributed by atoms with E-state index in [4.69, 9.17) is 4.42 Å². The van der Waals surface area contributed by atoms with Crippen molar-refractivity contribution in [1.82, 2.24) is 10.7 Å². The molecule has 0 saturated heterocycles. The van der Waals surface area contributed by atoms with Gasteiger partial charge in [0.15, 0.2) is 0 Å². The van der Waals surface area contributed by atoms with E-state index in [0.29, 0.717) is 17.0 Å². The minimum absolute atomic E-state index is 0.166. The van der Waals surface area contributed by atoms with Crippen LogP contribution in [0, 0.1) is 0 Å². The first kappa shape index (κ1) is 16.0. The van der Waals surface area contributed by atoms with Gasteiger partial charge in [-0.05, 0) is 37.3 Å². The van der Waals surface area contributed by atoms with E-state index < -0.39 is 5.91 Å². The van der Waals surface area contributed by atoms with E-state index in [9.17, 15) is 9.59 Å². The molecule has 0 aliphatic rings. The van der Waals surface area contributed by atoms with Gasteiger partial charge in [0.2, 0.25) is 0 Å². The van der Waals surface area contributed by atoms with Crippen molar-refractivity contribution in [2.45, 2.75) is 6.92 Å². The molecule has 0 spiro atoms. The maximum atomic E-state index is 11.9. The molecule has 0 unspecified atom stereocenters. The van der Waals surface area contributed by atoms with Gasteiger partial charge in [-0.3, -0.25) is 9.59 Å². The normalized spacial score (nSPS) is 11.1. The quantitative estimate of drug-likeness (QED) is 0.631. The Morgan fingerprint density at radius 2 is 2.09 bits per heavy atom. The number of halogens is 1. The number of amides is 2.